The van der Waals surface area contributed by atoms with Gasteiger partial charge >= 0.3 is 0 Å². The SMILES string of the molecule is Cn1cc(CN2CCc3c(N)cccc32)cn1. The van der Waals surface area contributed by atoms with Crippen molar-refractivity contribution in [1.82, 2.24) is 9.78 Å². The summed E-state index contributed by atoms with van der Waals surface area (Å²) in [6, 6.07) is 6.15. The second-order valence-corrected chi connectivity index (χ2v) is 4.54. The fourth-order valence-electron chi connectivity index (χ4n) is 2.47. The molecule has 0 saturated carbocycles. The number of nitrogen functional groups attached to an aromatic ring is 1. The molecule has 0 saturated heterocycles. The number of hydrogen-bond acceptors (Lipinski definition) is 3. The zero-order valence-corrected chi connectivity index (χ0v) is 9.93. The Morgan fingerprint density at radius 2 is 2.29 bits per heavy atom. The molecule has 1 aromatic heterocycles. The van der Waals surface area contributed by atoms with Crippen molar-refractivity contribution >= 4 is 11.4 Å². The van der Waals surface area contributed by atoms with Gasteiger partial charge in [0.25, 0.3) is 0 Å². The van der Waals surface area contributed by atoms with E-state index < -0.39 is 0 Å². The smallest absolute Gasteiger partial charge is 0.0539 e. The van der Waals surface area contributed by atoms with Crippen molar-refractivity contribution in [3.8, 4) is 0 Å². The molecule has 0 spiro atoms. The van der Waals surface area contributed by atoms with Gasteiger partial charge in [-0.15, -0.1) is 0 Å². The van der Waals surface area contributed by atoms with Crippen LogP contribution in [0.4, 0.5) is 11.4 Å². The molecule has 0 aliphatic carbocycles. The molecule has 2 heterocycles. The van der Waals surface area contributed by atoms with Gasteiger partial charge in [0.1, 0.15) is 0 Å². The number of rotatable bonds is 2. The van der Waals surface area contributed by atoms with Gasteiger partial charge in [-0.3, -0.25) is 4.68 Å². The summed E-state index contributed by atoms with van der Waals surface area (Å²) in [4.78, 5) is 2.36. The third-order valence-corrected chi connectivity index (χ3v) is 3.29. The van der Waals surface area contributed by atoms with Crippen molar-refractivity contribution in [2.75, 3.05) is 17.2 Å². The second-order valence-electron chi connectivity index (χ2n) is 4.54. The second kappa shape index (κ2) is 3.80. The van der Waals surface area contributed by atoms with Crippen molar-refractivity contribution in [3.05, 3.63) is 41.7 Å². The Bertz CT molecular complexity index is 544. The number of nitrogens with zero attached hydrogens (tertiary/aromatic N) is 3. The lowest BCUT2D eigenvalue weighted by Crippen LogP contribution is -2.19. The molecule has 0 atom stereocenters. The average molecular weight is 228 g/mol. The van der Waals surface area contributed by atoms with E-state index in [9.17, 15) is 0 Å². The summed E-state index contributed by atoms with van der Waals surface area (Å²) in [5, 5.41) is 4.20. The third-order valence-electron chi connectivity index (χ3n) is 3.29. The van der Waals surface area contributed by atoms with Crippen LogP contribution in [-0.4, -0.2) is 16.3 Å². The van der Waals surface area contributed by atoms with Gasteiger partial charge in [0.05, 0.1) is 6.20 Å². The van der Waals surface area contributed by atoms with Crippen molar-refractivity contribution in [3.63, 3.8) is 0 Å². The van der Waals surface area contributed by atoms with E-state index in [1.165, 1.54) is 16.8 Å². The van der Waals surface area contributed by atoms with E-state index in [4.69, 9.17) is 5.73 Å². The van der Waals surface area contributed by atoms with E-state index >= 15 is 0 Å². The number of benzene rings is 1. The van der Waals surface area contributed by atoms with Gasteiger partial charge in [-0.05, 0) is 18.6 Å². The number of nitrogens with two attached hydrogens (primary N) is 1. The van der Waals surface area contributed by atoms with Crippen molar-refractivity contribution in [1.29, 1.82) is 0 Å². The van der Waals surface area contributed by atoms with Gasteiger partial charge in [-0.25, -0.2) is 0 Å². The van der Waals surface area contributed by atoms with Gasteiger partial charge in [0.2, 0.25) is 0 Å². The van der Waals surface area contributed by atoms with Gasteiger partial charge < -0.3 is 10.6 Å². The first-order valence-corrected chi connectivity index (χ1v) is 5.84. The lowest BCUT2D eigenvalue weighted by atomic mass is 10.1. The summed E-state index contributed by atoms with van der Waals surface area (Å²) >= 11 is 0. The van der Waals surface area contributed by atoms with Crippen LogP contribution in [0.25, 0.3) is 0 Å². The van der Waals surface area contributed by atoms with Crippen LogP contribution in [0.1, 0.15) is 11.1 Å². The van der Waals surface area contributed by atoms with E-state index in [-0.39, 0.29) is 0 Å². The lowest BCUT2D eigenvalue weighted by molar-refractivity contribution is 0.765. The number of hydrogen-bond donors (Lipinski definition) is 1. The van der Waals surface area contributed by atoms with Crippen LogP contribution in [0.15, 0.2) is 30.6 Å². The summed E-state index contributed by atoms with van der Waals surface area (Å²) in [5.41, 5.74) is 10.7. The van der Waals surface area contributed by atoms with Gasteiger partial charge in [-0.1, -0.05) is 6.07 Å². The molecule has 88 valence electrons. The first-order valence-electron chi connectivity index (χ1n) is 5.84. The Kier molecular flexibility index (Phi) is 2.28. The van der Waals surface area contributed by atoms with Crippen LogP contribution in [0.5, 0.6) is 0 Å². The Labute approximate surface area is 101 Å². The minimum atomic E-state index is 0.907. The summed E-state index contributed by atoms with van der Waals surface area (Å²) in [7, 11) is 1.94. The minimum Gasteiger partial charge on any atom is -0.398 e. The molecule has 0 fully saturated rings. The Morgan fingerprint density at radius 3 is 3.06 bits per heavy atom. The number of aromatic nitrogens is 2. The fourth-order valence-corrected chi connectivity index (χ4v) is 2.47. The molecule has 17 heavy (non-hydrogen) atoms. The van der Waals surface area contributed by atoms with Crippen LogP contribution in [0, 0.1) is 0 Å². The highest BCUT2D eigenvalue weighted by molar-refractivity contribution is 5.68. The molecule has 2 N–H and O–H groups in total. The molecule has 0 bridgehead atoms. The number of anilines is 2. The van der Waals surface area contributed by atoms with Gasteiger partial charge in [0, 0.05) is 48.8 Å². The zero-order chi connectivity index (χ0) is 11.8. The molecule has 3 rings (SSSR count). The average Bonchev–Trinajstić information content (AvgIpc) is 2.88. The van der Waals surface area contributed by atoms with E-state index in [0.717, 1.165) is 25.2 Å². The molecule has 4 nitrogen and oxygen atoms in total. The minimum absolute atomic E-state index is 0.907. The molecule has 1 aliphatic rings. The summed E-state index contributed by atoms with van der Waals surface area (Å²) < 4.78 is 1.84. The maximum atomic E-state index is 5.99. The lowest BCUT2D eigenvalue weighted by Gasteiger charge is -2.18. The molecule has 0 unspecified atom stereocenters. The molecule has 1 aliphatic heterocycles. The van der Waals surface area contributed by atoms with Crippen LogP contribution >= 0.6 is 0 Å². The van der Waals surface area contributed by atoms with Crippen molar-refractivity contribution in [2.45, 2.75) is 13.0 Å². The Hall–Kier alpha value is -1.97. The predicted octanol–water partition coefficient (Wildman–Crippen LogP) is 1.56. The normalized spacial score (nSPS) is 14.1. The highest BCUT2D eigenvalue weighted by Crippen LogP contribution is 2.32. The maximum absolute atomic E-state index is 5.99. The summed E-state index contributed by atoms with van der Waals surface area (Å²) in [6.07, 6.45) is 5.02. The molecule has 4 heteroatoms. The Morgan fingerprint density at radius 1 is 1.41 bits per heavy atom. The molecule has 2 aromatic rings. The number of aryl methyl sites for hydroxylation is 1. The highest BCUT2D eigenvalue weighted by Gasteiger charge is 2.20. The zero-order valence-electron chi connectivity index (χ0n) is 9.93. The van der Waals surface area contributed by atoms with E-state index in [1.54, 1.807) is 0 Å². The maximum Gasteiger partial charge on any atom is 0.0539 e. The molecular weight excluding hydrogens is 212 g/mol. The largest absolute Gasteiger partial charge is 0.398 e. The summed E-state index contributed by atoms with van der Waals surface area (Å²) in [5.74, 6) is 0. The first kappa shape index (κ1) is 10.2. The van der Waals surface area contributed by atoms with Crippen molar-refractivity contribution < 1.29 is 0 Å². The van der Waals surface area contributed by atoms with E-state index in [1.807, 2.05) is 30.1 Å². The molecule has 0 radical (unpaired) electrons. The summed E-state index contributed by atoms with van der Waals surface area (Å²) in [6.45, 7) is 1.95. The topological polar surface area (TPSA) is 47.1 Å². The van der Waals surface area contributed by atoms with Crippen molar-refractivity contribution in [2.24, 2.45) is 7.05 Å². The van der Waals surface area contributed by atoms with E-state index in [2.05, 4.69) is 22.3 Å². The quantitative estimate of drug-likeness (QED) is 0.794. The number of fused-ring (bicyclic) bond motifs is 1. The Balaban J connectivity index is 1.86. The predicted molar refractivity (Wildman–Crippen MR) is 68.8 cm³/mol. The molecule has 0 amide bonds. The van der Waals surface area contributed by atoms with Crippen LogP contribution < -0.4 is 10.6 Å². The van der Waals surface area contributed by atoms with Gasteiger partial charge in [0.15, 0.2) is 0 Å². The third kappa shape index (κ3) is 1.75. The molecule has 1 aromatic carbocycles. The standard InChI is InChI=1S/C13H16N4/c1-16-8-10(7-15-16)9-17-6-5-11-12(14)3-2-4-13(11)17/h2-4,7-8H,5-6,9,14H2,1H3. The van der Waals surface area contributed by atoms with Crippen LogP contribution in [0.2, 0.25) is 0 Å². The van der Waals surface area contributed by atoms with E-state index in [0.29, 0.717) is 0 Å². The van der Waals surface area contributed by atoms with Crippen LogP contribution in [-0.2, 0) is 20.0 Å². The molecular formula is C13H16N4. The highest BCUT2D eigenvalue weighted by atomic mass is 15.2. The van der Waals surface area contributed by atoms with Gasteiger partial charge in [-0.2, -0.15) is 5.10 Å². The van der Waals surface area contributed by atoms with Crippen LogP contribution in [0.3, 0.4) is 0 Å². The first-order chi connectivity index (χ1) is 8.24. The fraction of sp³-hybridized carbons (Fsp3) is 0.308. The monoisotopic (exact) mass is 228 g/mol.